The summed E-state index contributed by atoms with van der Waals surface area (Å²) < 4.78 is 5.66. The molecule has 2 heteroatoms. The zero-order valence-electron chi connectivity index (χ0n) is 9.99. The fraction of sp³-hybridized carbons (Fsp3) is 0.692. The molecule has 1 aliphatic carbocycles. The van der Waals surface area contributed by atoms with Gasteiger partial charge in [0.25, 0.3) is 0 Å². The van der Waals surface area contributed by atoms with Crippen molar-refractivity contribution in [2.45, 2.75) is 57.3 Å². The van der Waals surface area contributed by atoms with Crippen LogP contribution in [0, 0.1) is 0 Å². The third-order valence-corrected chi connectivity index (χ3v) is 6.58. The van der Waals surface area contributed by atoms with Gasteiger partial charge in [0.15, 0.2) is 0 Å². The number of hydrogen-bond donors (Lipinski definition) is 0. The van der Waals surface area contributed by atoms with Crippen LogP contribution in [0.25, 0.3) is 0 Å². The quantitative estimate of drug-likeness (QED) is 0.688. The van der Waals surface area contributed by atoms with Crippen molar-refractivity contribution in [2.24, 2.45) is 0 Å². The van der Waals surface area contributed by atoms with Crippen LogP contribution in [0.3, 0.4) is 0 Å². The van der Waals surface area contributed by atoms with E-state index in [1.54, 1.807) is 0 Å². The number of rotatable bonds is 2. The molecule has 1 fully saturated rings. The first kappa shape index (κ1) is 11.2. The zero-order chi connectivity index (χ0) is 10.9. The van der Waals surface area contributed by atoms with Crippen LogP contribution >= 0.6 is 7.92 Å². The van der Waals surface area contributed by atoms with Gasteiger partial charge in [-0.3, -0.25) is 0 Å². The third-order valence-electron chi connectivity index (χ3n) is 3.16. The molecule has 0 N–H and O–H groups in total. The Morgan fingerprint density at radius 3 is 2.40 bits per heavy atom. The molecular formula is C13H21OP. The molecule has 1 aromatic heterocycles. The molecule has 1 aromatic rings. The van der Waals surface area contributed by atoms with Crippen LogP contribution in [0.1, 0.15) is 46.5 Å². The molecule has 1 heterocycles. The van der Waals surface area contributed by atoms with Crippen molar-refractivity contribution in [1.82, 2.24) is 0 Å². The van der Waals surface area contributed by atoms with Crippen LogP contribution in [0.4, 0.5) is 0 Å². The van der Waals surface area contributed by atoms with Crippen molar-refractivity contribution in [1.29, 1.82) is 0 Å². The minimum atomic E-state index is -0.128. The van der Waals surface area contributed by atoms with Crippen LogP contribution in [0.5, 0.6) is 0 Å². The Hall–Kier alpha value is -0.290. The van der Waals surface area contributed by atoms with E-state index in [2.05, 4.69) is 26.8 Å². The summed E-state index contributed by atoms with van der Waals surface area (Å²) in [5.41, 5.74) is 2.15. The molecule has 0 bridgehead atoms. The Morgan fingerprint density at radius 1 is 1.27 bits per heavy atom. The SMILES string of the molecule is CC(C)(C)P(c1ccco1)C1CCCC1. The first-order valence-corrected chi connectivity index (χ1v) is 7.33. The van der Waals surface area contributed by atoms with Gasteiger partial charge in [-0.05, 0) is 43.7 Å². The van der Waals surface area contributed by atoms with Crippen molar-refractivity contribution in [3.8, 4) is 0 Å². The van der Waals surface area contributed by atoms with Crippen LogP contribution in [-0.2, 0) is 0 Å². The standard InChI is InChI=1S/C13H21OP/c1-13(2,3)15(11-7-4-5-8-11)12-9-6-10-14-12/h6,9-11H,4-5,7-8H2,1-3H3. The maximum absolute atomic E-state index is 5.66. The maximum atomic E-state index is 5.66. The van der Waals surface area contributed by atoms with Gasteiger partial charge in [0, 0.05) is 0 Å². The number of furan rings is 1. The second kappa shape index (κ2) is 4.29. The highest BCUT2D eigenvalue weighted by Crippen LogP contribution is 2.57. The molecule has 1 saturated carbocycles. The smallest absolute Gasteiger partial charge is 0.126 e. The molecule has 0 radical (unpaired) electrons. The zero-order valence-corrected chi connectivity index (χ0v) is 10.9. The summed E-state index contributed by atoms with van der Waals surface area (Å²) in [5, 5.41) is 0.377. The van der Waals surface area contributed by atoms with Gasteiger partial charge in [-0.15, -0.1) is 0 Å². The lowest BCUT2D eigenvalue weighted by molar-refractivity contribution is 0.596. The molecular weight excluding hydrogens is 203 g/mol. The fourth-order valence-electron chi connectivity index (χ4n) is 2.63. The lowest BCUT2D eigenvalue weighted by atomic mass is 10.3. The van der Waals surface area contributed by atoms with Crippen LogP contribution in [0.2, 0.25) is 0 Å². The molecule has 1 aliphatic rings. The van der Waals surface area contributed by atoms with E-state index < -0.39 is 0 Å². The van der Waals surface area contributed by atoms with Crippen molar-refractivity contribution < 1.29 is 4.42 Å². The number of hydrogen-bond acceptors (Lipinski definition) is 1. The Morgan fingerprint density at radius 2 is 1.93 bits per heavy atom. The van der Waals surface area contributed by atoms with E-state index in [-0.39, 0.29) is 7.92 Å². The van der Waals surface area contributed by atoms with Gasteiger partial charge in [0.2, 0.25) is 0 Å². The summed E-state index contributed by atoms with van der Waals surface area (Å²) in [6.07, 6.45) is 7.47. The van der Waals surface area contributed by atoms with Crippen molar-refractivity contribution in [3.63, 3.8) is 0 Å². The minimum Gasteiger partial charge on any atom is -0.465 e. The highest BCUT2D eigenvalue weighted by atomic mass is 31.1. The molecule has 0 spiro atoms. The van der Waals surface area contributed by atoms with Crippen molar-refractivity contribution in [2.75, 3.05) is 0 Å². The Labute approximate surface area is 94.0 Å². The van der Waals surface area contributed by atoms with Crippen molar-refractivity contribution in [3.05, 3.63) is 18.4 Å². The Kier molecular flexibility index (Phi) is 3.21. The van der Waals surface area contributed by atoms with E-state index in [4.69, 9.17) is 4.42 Å². The van der Waals surface area contributed by atoms with Crippen LogP contribution in [-0.4, -0.2) is 10.8 Å². The van der Waals surface area contributed by atoms with E-state index >= 15 is 0 Å². The van der Waals surface area contributed by atoms with Gasteiger partial charge >= 0.3 is 0 Å². The largest absolute Gasteiger partial charge is 0.465 e. The minimum absolute atomic E-state index is 0.128. The lowest BCUT2D eigenvalue weighted by Gasteiger charge is -2.34. The summed E-state index contributed by atoms with van der Waals surface area (Å²) in [6.45, 7) is 7.08. The predicted molar refractivity (Wildman–Crippen MR) is 67.3 cm³/mol. The van der Waals surface area contributed by atoms with Gasteiger partial charge in [-0.2, -0.15) is 0 Å². The summed E-state index contributed by atoms with van der Waals surface area (Å²) in [7, 11) is -0.128. The van der Waals surface area contributed by atoms with E-state index in [0.717, 1.165) is 5.66 Å². The summed E-state index contributed by atoms with van der Waals surface area (Å²) in [5.74, 6) is 0. The van der Waals surface area contributed by atoms with E-state index in [9.17, 15) is 0 Å². The van der Waals surface area contributed by atoms with Gasteiger partial charge in [0.05, 0.1) is 6.26 Å². The summed E-state index contributed by atoms with van der Waals surface area (Å²) in [4.78, 5) is 0. The fourth-order valence-corrected chi connectivity index (χ4v) is 6.05. The van der Waals surface area contributed by atoms with Gasteiger partial charge in [-0.1, -0.05) is 33.6 Å². The normalized spacial score (nSPS) is 20.7. The molecule has 2 rings (SSSR count). The average molecular weight is 224 g/mol. The van der Waals surface area contributed by atoms with Gasteiger partial charge < -0.3 is 4.42 Å². The molecule has 15 heavy (non-hydrogen) atoms. The first-order chi connectivity index (χ1) is 7.09. The monoisotopic (exact) mass is 224 g/mol. The van der Waals surface area contributed by atoms with Crippen LogP contribution < -0.4 is 5.50 Å². The average Bonchev–Trinajstić information content (AvgIpc) is 2.73. The second-order valence-electron chi connectivity index (χ2n) is 5.43. The van der Waals surface area contributed by atoms with E-state index in [0.29, 0.717) is 5.16 Å². The van der Waals surface area contributed by atoms with Gasteiger partial charge in [0.1, 0.15) is 5.50 Å². The Bertz CT molecular complexity index is 291. The lowest BCUT2D eigenvalue weighted by Crippen LogP contribution is -2.24. The highest BCUT2D eigenvalue weighted by Gasteiger charge is 2.36. The van der Waals surface area contributed by atoms with Crippen LogP contribution in [0.15, 0.2) is 22.8 Å². The molecule has 0 aromatic carbocycles. The Balaban J connectivity index is 2.24. The summed E-state index contributed by atoms with van der Waals surface area (Å²) in [6, 6.07) is 4.21. The predicted octanol–water partition coefficient (Wildman–Crippen LogP) is 4.13. The molecule has 0 saturated heterocycles. The molecule has 1 atom stereocenters. The molecule has 0 amide bonds. The topological polar surface area (TPSA) is 13.1 Å². The van der Waals surface area contributed by atoms with Gasteiger partial charge in [-0.25, -0.2) is 0 Å². The van der Waals surface area contributed by atoms with Crippen molar-refractivity contribution >= 4 is 13.4 Å². The molecule has 1 unspecified atom stereocenters. The maximum Gasteiger partial charge on any atom is 0.126 e. The molecule has 1 nitrogen and oxygen atoms in total. The highest BCUT2D eigenvalue weighted by molar-refractivity contribution is 7.67. The summed E-state index contributed by atoms with van der Waals surface area (Å²) >= 11 is 0. The molecule has 0 aliphatic heterocycles. The molecule has 84 valence electrons. The third kappa shape index (κ3) is 2.45. The van der Waals surface area contributed by atoms with E-state index in [1.807, 2.05) is 12.3 Å². The first-order valence-electron chi connectivity index (χ1n) is 5.92. The van der Waals surface area contributed by atoms with E-state index in [1.165, 1.54) is 31.2 Å². The second-order valence-corrected chi connectivity index (χ2v) is 8.68.